The number of rotatable bonds is 1. The Balaban J connectivity index is 2.37. The maximum Gasteiger partial charge on any atom is 0.170 e. The van der Waals surface area contributed by atoms with E-state index in [0.29, 0.717) is 18.6 Å². The van der Waals surface area contributed by atoms with Crippen LogP contribution in [0.1, 0.15) is 20.3 Å². The highest BCUT2D eigenvalue weighted by Gasteiger charge is 2.32. The Bertz CT molecular complexity index is 211. The molecule has 1 N–H and O–H groups in total. The molecule has 1 rings (SSSR count). The molecular formula is C9H14N2S. The van der Waals surface area contributed by atoms with Crippen LogP contribution in [0.5, 0.6) is 0 Å². The van der Waals surface area contributed by atoms with Gasteiger partial charge in [0.15, 0.2) is 5.11 Å². The first-order valence-electron chi connectivity index (χ1n) is 4.16. The van der Waals surface area contributed by atoms with Crippen LogP contribution in [-0.2, 0) is 0 Å². The van der Waals surface area contributed by atoms with Crippen LogP contribution >= 0.6 is 12.2 Å². The van der Waals surface area contributed by atoms with E-state index >= 15 is 0 Å². The molecule has 0 saturated carbocycles. The van der Waals surface area contributed by atoms with Gasteiger partial charge in [-0.05, 0) is 32.5 Å². The van der Waals surface area contributed by atoms with E-state index in [1.165, 1.54) is 6.42 Å². The number of thiocarbonyl (C=S) groups is 1. The standard InChI is InChI=1S/C9H14N2S/c1-4-5-10-9(12)11-7(2)6-8(11)3/h1,7-8H,5-6H2,2-3H3,(H,10,12). The molecule has 1 saturated heterocycles. The number of nitrogens with zero attached hydrogens (tertiary/aromatic N) is 1. The summed E-state index contributed by atoms with van der Waals surface area (Å²) >= 11 is 5.17. The van der Waals surface area contributed by atoms with E-state index in [0.717, 1.165) is 5.11 Å². The Morgan fingerprint density at radius 2 is 2.25 bits per heavy atom. The Morgan fingerprint density at radius 3 is 2.67 bits per heavy atom. The van der Waals surface area contributed by atoms with E-state index in [1.54, 1.807) is 0 Å². The maximum atomic E-state index is 5.17. The first kappa shape index (κ1) is 9.34. The lowest BCUT2D eigenvalue weighted by Gasteiger charge is -2.47. The summed E-state index contributed by atoms with van der Waals surface area (Å²) in [6.07, 6.45) is 6.34. The fourth-order valence-electron chi connectivity index (χ4n) is 1.64. The van der Waals surface area contributed by atoms with Gasteiger partial charge in [-0.2, -0.15) is 0 Å². The van der Waals surface area contributed by atoms with E-state index in [1.807, 2.05) is 0 Å². The summed E-state index contributed by atoms with van der Waals surface area (Å²) in [4.78, 5) is 2.19. The molecule has 2 unspecified atom stereocenters. The number of hydrogen-bond acceptors (Lipinski definition) is 1. The van der Waals surface area contributed by atoms with Gasteiger partial charge in [0.05, 0.1) is 6.54 Å². The molecular weight excluding hydrogens is 168 g/mol. The molecule has 0 radical (unpaired) electrons. The van der Waals surface area contributed by atoms with Crippen LogP contribution < -0.4 is 5.32 Å². The van der Waals surface area contributed by atoms with Crippen LogP contribution in [0.4, 0.5) is 0 Å². The zero-order valence-corrected chi connectivity index (χ0v) is 8.32. The molecule has 0 aromatic carbocycles. The Kier molecular flexibility index (Phi) is 2.93. The Labute approximate surface area is 79.3 Å². The van der Waals surface area contributed by atoms with Gasteiger partial charge < -0.3 is 10.2 Å². The van der Waals surface area contributed by atoms with Crippen LogP contribution in [0.25, 0.3) is 0 Å². The van der Waals surface area contributed by atoms with Crippen molar-refractivity contribution in [1.29, 1.82) is 0 Å². The van der Waals surface area contributed by atoms with Gasteiger partial charge in [-0.3, -0.25) is 0 Å². The number of terminal acetylenes is 1. The summed E-state index contributed by atoms with van der Waals surface area (Å²) in [5.41, 5.74) is 0. The van der Waals surface area contributed by atoms with E-state index in [-0.39, 0.29) is 0 Å². The predicted molar refractivity (Wildman–Crippen MR) is 54.8 cm³/mol. The lowest BCUT2D eigenvalue weighted by Crippen LogP contribution is -2.58. The minimum atomic E-state index is 0.523. The molecule has 0 aliphatic carbocycles. The van der Waals surface area contributed by atoms with E-state index in [9.17, 15) is 0 Å². The largest absolute Gasteiger partial charge is 0.352 e. The molecule has 12 heavy (non-hydrogen) atoms. The van der Waals surface area contributed by atoms with Gasteiger partial charge in [0.2, 0.25) is 0 Å². The summed E-state index contributed by atoms with van der Waals surface area (Å²) in [5, 5.41) is 3.81. The zero-order chi connectivity index (χ0) is 9.14. The van der Waals surface area contributed by atoms with Crippen molar-refractivity contribution in [3.63, 3.8) is 0 Å². The van der Waals surface area contributed by atoms with Crippen LogP contribution in [0, 0.1) is 12.3 Å². The average molecular weight is 182 g/mol. The lowest BCUT2D eigenvalue weighted by molar-refractivity contribution is 0.122. The molecule has 2 nitrogen and oxygen atoms in total. The van der Waals surface area contributed by atoms with Crippen LogP contribution in [-0.4, -0.2) is 28.6 Å². The molecule has 0 aromatic heterocycles. The van der Waals surface area contributed by atoms with Crippen molar-refractivity contribution < 1.29 is 0 Å². The average Bonchev–Trinajstić information content (AvgIpc) is 2.00. The van der Waals surface area contributed by atoms with Gasteiger partial charge in [0, 0.05) is 12.1 Å². The molecule has 1 heterocycles. The molecule has 1 fully saturated rings. The highest BCUT2D eigenvalue weighted by Crippen LogP contribution is 2.24. The summed E-state index contributed by atoms with van der Waals surface area (Å²) < 4.78 is 0. The topological polar surface area (TPSA) is 15.3 Å². The van der Waals surface area contributed by atoms with Crippen molar-refractivity contribution in [2.24, 2.45) is 0 Å². The van der Waals surface area contributed by atoms with Gasteiger partial charge in [0.1, 0.15) is 0 Å². The normalized spacial score (nSPS) is 27.2. The highest BCUT2D eigenvalue weighted by molar-refractivity contribution is 7.80. The van der Waals surface area contributed by atoms with E-state index in [2.05, 4.69) is 30.0 Å². The monoisotopic (exact) mass is 182 g/mol. The molecule has 1 aliphatic heterocycles. The summed E-state index contributed by atoms with van der Waals surface area (Å²) in [6.45, 7) is 4.86. The quantitative estimate of drug-likeness (QED) is 0.480. The molecule has 0 aromatic rings. The minimum absolute atomic E-state index is 0.523. The first-order chi connectivity index (χ1) is 5.66. The van der Waals surface area contributed by atoms with Crippen molar-refractivity contribution in [3.05, 3.63) is 0 Å². The van der Waals surface area contributed by atoms with Crippen LogP contribution in [0.15, 0.2) is 0 Å². The van der Waals surface area contributed by atoms with Crippen molar-refractivity contribution in [3.8, 4) is 12.3 Å². The maximum absolute atomic E-state index is 5.17. The SMILES string of the molecule is C#CCNC(=S)N1C(C)CC1C. The van der Waals surface area contributed by atoms with Crippen molar-refractivity contribution >= 4 is 17.3 Å². The lowest BCUT2D eigenvalue weighted by atomic mass is 9.97. The molecule has 66 valence electrons. The Hall–Kier alpha value is -0.750. The molecule has 3 heteroatoms. The molecule has 2 atom stereocenters. The van der Waals surface area contributed by atoms with Gasteiger partial charge in [0.25, 0.3) is 0 Å². The highest BCUT2D eigenvalue weighted by atomic mass is 32.1. The van der Waals surface area contributed by atoms with E-state index in [4.69, 9.17) is 18.6 Å². The van der Waals surface area contributed by atoms with Crippen molar-refractivity contribution in [2.75, 3.05) is 6.54 Å². The van der Waals surface area contributed by atoms with Crippen molar-refractivity contribution in [1.82, 2.24) is 10.2 Å². The second-order valence-corrected chi connectivity index (χ2v) is 3.59. The third-order valence-corrected chi connectivity index (χ3v) is 2.56. The number of likely N-dealkylation sites (tertiary alicyclic amines) is 1. The minimum Gasteiger partial charge on any atom is -0.352 e. The van der Waals surface area contributed by atoms with Crippen LogP contribution in [0.2, 0.25) is 0 Å². The van der Waals surface area contributed by atoms with Gasteiger partial charge in [-0.15, -0.1) is 6.42 Å². The summed E-state index contributed by atoms with van der Waals surface area (Å²) in [6, 6.07) is 1.13. The number of hydrogen-bond donors (Lipinski definition) is 1. The second kappa shape index (κ2) is 3.77. The molecule has 0 spiro atoms. The third-order valence-electron chi connectivity index (χ3n) is 2.21. The fraction of sp³-hybridized carbons (Fsp3) is 0.667. The molecule has 1 aliphatic rings. The van der Waals surface area contributed by atoms with Gasteiger partial charge in [-0.25, -0.2) is 0 Å². The van der Waals surface area contributed by atoms with Crippen molar-refractivity contribution in [2.45, 2.75) is 32.4 Å². The fourth-order valence-corrected chi connectivity index (χ4v) is 2.07. The predicted octanol–water partition coefficient (Wildman–Crippen LogP) is 0.977. The number of nitrogens with one attached hydrogen (secondary N) is 1. The van der Waals surface area contributed by atoms with Crippen LogP contribution in [0.3, 0.4) is 0 Å². The second-order valence-electron chi connectivity index (χ2n) is 3.20. The van der Waals surface area contributed by atoms with Gasteiger partial charge in [-0.1, -0.05) is 5.92 Å². The molecule has 0 bridgehead atoms. The first-order valence-corrected chi connectivity index (χ1v) is 4.57. The molecule has 0 amide bonds. The van der Waals surface area contributed by atoms with E-state index < -0.39 is 0 Å². The summed E-state index contributed by atoms with van der Waals surface area (Å²) in [5.74, 6) is 2.51. The zero-order valence-electron chi connectivity index (χ0n) is 7.50. The summed E-state index contributed by atoms with van der Waals surface area (Å²) in [7, 11) is 0. The Morgan fingerprint density at radius 1 is 1.67 bits per heavy atom. The third kappa shape index (κ3) is 1.70. The smallest absolute Gasteiger partial charge is 0.170 e. The van der Waals surface area contributed by atoms with Gasteiger partial charge >= 0.3 is 0 Å².